The molecule has 4 rings (SSSR count). The van der Waals surface area contributed by atoms with Gasteiger partial charge in [-0.15, -0.1) is 11.3 Å². The average Bonchev–Trinajstić information content (AvgIpc) is 3.31. The number of furan rings is 1. The fourth-order valence-corrected chi connectivity index (χ4v) is 3.88. The summed E-state index contributed by atoms with van der Waals surface area (Å²) in [5.74, 6) is 2.43. The zero-order valence-electron chi connectivity index (χ0n) is 15.8. The van der Waals surface area contributed by atoms with Crippen LogP contribution in [-0.4, -0.2) is 58.0 Å². The van der Waals surface area contributed by atoms with Crippen LogP contribution in [0.1, 0.15) is 12.7 Å². The van der Waals surface area contributed by atoms with Gasteiger partial charge in [0.15, 0.2) is 16.6 Å². The number of rotatable bonds is 5. The second-order valence-corrected chi connectivity index (χ2v) is 7.71. The maximum atomic E-state index is 12.4. The van der Waals surface area contributed by atoms with E-state index >= 15 is 0 Å². The molecule has 0 bridgehead atoms. The number of hydrogen-bond acceptors (Lipinski definition) is 8. The number of carbonyl (C=O) groups is 1. The number of aromatic nitrogens is 3. The van der Waals surface area contributed by atoms with Crippen molar-refractivity contribution in [2.75, 3.05) is 31.5 Å². The molecule has 0 spiro atoms. The summed E-state index contributed by atoms with van der Waals surface area (Å²) in [4.78, 5) is 27.8. The second kappa shape index (κ2) is 8.17. The van der Waals surface area contributed by atoms with E-state index in [4.69, 9.17) is 4.42 Å². The maximum absolute atomic E-state index is 12.4. The minimum absolute atomic E-state index is 0.0790. The first-order chi connectivity index (χ1) is 13.6. The van der Waals surface area contributed by atoms with Crippen LogP contribution in [0, 0.1) is 6.92 Å². The van der Waals surface area contributed by atoms with Crippen molar-refractivity contribution in [3.63, 3.8) is 0 Å². The number of nitrogens with zero attached hydrogens (tertiary/aromatic N) is 4. The van der Waals surface area contributed by atoms with Gasteiger partial charge in [0.05, 0.1) is 6.54 Å². The summed E-state index contributed by atoms with van der Waals surface area (Å²) < 4.78 is 5.61. The normalized spacial score (nSPS) is 17.6. The average molecular weight is 398 g/mol. The van der Waals surface area contributed by atoms with Gasteiger partial charge in [0.1, 0.15) is 17.3 Å². The van der Waals surface area contributed by atoms with E-state index < -0.39 is 0 Å². The van der Waals surface area contributed by atoms with Crippen molar-refractivity contribution in [1.82, 2.24) is 25.2 Å². The van der Waals surface area contributed by atoms with Crippen molar-refractivity contribution in [1.29, 1.82) is 0 Å². The summed E-state index contributed by atoms with van der Waals surface area (Å²) in [5, 5.41) is 8.82. The molecule has 0 radical (unpaired) electrons. The third kappa shape index (κ3) is 4.44. The molecule has 4 heterocycles. The second-order valence-electron chi connectivity index (χ2n) is 6.85. The van der Waals surface area contributed by atoms with Crippen LogP contribution >= 0.6 is 11.3 Å². The van der Waals surface area contributed by atoms with Crippen molar-refractivity contribution < 1.29 is 9.21 Å². The van der Waals surface area contributed by atoms with Crippen molar-refractivity contribution in [3.05, 3.63) is 35.5 Å². The molecule has 1 aliphatic rings. The molecular weight excluding hydrogens is 376 g/mol. The summed E-state index contributed by atoms with van der Waals surface area (Å²) in [6, 6.07) is 5.87. The molecule has 0 saturated carbocycles. The van der Waals surface area contributed by atoms with Gasteiger partial charge in [0, 0.05) is 37.3 Å². The van der Waals surface area contributed by atoms with Crippen LogP contribution in [-0.2, 0) is 4.79 Å². The number of thiazole rings is 1. The molecule has 1 atom stereocenters. The monoisotopic (exact) mass is 398 g/mol. The number of piperazine rings is 1. The Morgan fingerprint density at radius 1 is 1.39 bits per heavy atom. The number of aryl methyl sites for hydroxylation is 1. The van der Waals surface area contributed by atoms with Gasteiger partial charge in [-0.3, -0.25) is 9.69 Å². The smallest absolute Gasteiger partial charge is 0.239 e. The van der Waals surface area contributed by atoms with Crippen molar-refractivity contribution in [3.8, 4) is 22.3 Å². The molecule has 3 aromatic heterocycles. The highest BCUT2D eigenvalue weighted by Gasteiger charge is 2.18. The summed E-state index contributed by atoms with van der Waals surface area (Å²) in [6.45, 7) is 6.98. The van der Waals surface area contributed by atoms with Gasteiger partial charge in [-0.2, -0.15) is 0 Å². The Balaban J connectivity index is 1.43. The highest BCUT2D eigenvalue weighted by Crippen LogP contribution is 2.28. The zero-order chi connectivity index (χ0) is 19.5. The molecule has 2 N–H and O–H groups in total. The summed E-state index contributed by atoms with van der Waals surface area (Å²) in [7, 11) is 0. The molecule has 1 aliphatic heterocycles. The van der Waals surface area contributed by atoms with Gasteiger partial charge in [0.25, 0.3) is 0 Å². The molecule has 1 amide bonds. The van der Waals surface area contributed by atoms with Gasteiger partial charge in [-0.1, -0.05) is 0 Å². The highest BCUT2D eigenvalue weighted by atomic mass is 32.1. The largest absolute Gasteiger partial charge is 0.460 e. The number of carbonyl (C=O) groups excluding carboxylic acids is 1. The van der Waals surface area contributed by atoms with E-state index in [0.717, 1.165) is 36.8 Å². The topological polar surface area (TPSA) is 96.2 Å². The quantitative estimate of drug-likeness (QED) is 0.681. The Labute approximate surface area is 167 Å². The molecule has 0 aliphatic carbocycles. The maximum Gasteiger partial charge on any atom is 0.239 e. The Morgan fingerprint density at radius 2 is 2.29 bits per heavy atom. The molecule has 8 nitrogen and oxygen atoms in total. The zero-order valence-corrected chi connectivity index (χ0v) is 16.6. The highest BCUT2D eigenvalue weighted by molar-refractivity contribution is 7.13. The number of anilines is 1. The lowest BCUT2D eigenvalue weighted by molar-refractivity contribution is -0.117. The van der Waals surface area contributed by atoms with E-state index in [2.05, 4.69) is 37.4 Å². The first kappa shape index (κ1) is 18.7. The molecule has 1 saturated heterocycles. The molecule has 9 heteroatoms. The minimum atomic E-state index is -0.0790. The van der Waals surface area contributed by atoms with E-state index in [1.165, 1.54) is 11.3 Å². The third-order valence-electron chi connectivity index (χ3n) is 4.43. The van der Waals surface area contributed by atoms with Crippen molar-refractivity contribution in [2.45, 2.75) is 19.9 Å². The van der Waals surface area contributed by atoms with Crippen LogP contribution in [0.2, 0.25) is 0 Å². The fraction of sp³-hybridized carbons (Fsp3) is 0.368. The van der Waals surface area contributed by atoms with Crippen LogP contribution in [0.3, 0.4) is 0 Å². The van der Waals surface area contributed by atoms with E-state index in [1.807, 2.05) is 24.4 Å². The summed E-state index contributed by atoms with van der Waals surface area (Å²) in [5.41, 5.74) is 0.749. The van der Waals surface area contributed by atoms with Gasteiger partial charge in [-0.25, -0.2) is 15.0 Å². The van der Waals surface area contributed by atoms with Gasteiger partial charge < -0.3 is 15.1 Å². The van der Waals surface area contributed by atoms with E-state index in [0.29, 0.717) is 29.2 Å². The molecular formula is C19H22N6O2S. The predicted octanol–water partition coefficient (Wildman–Crippen LogP) is 2.40. The Morgan fingerprint density at radius 3 is 3.07 bits per heavy atom. The lowest BCUT2D eigenvalue weighted by Gasteiger charge is -2.31. The van der Waals surface area contributed by atoms with Crippen molar-refractivity contribution >= 4 is 23.1 Å². The van der Waals surface area contributed by atoms with Gasteiger partial charge in [0.2, 0.25) is 5.91 Å². The Kier molecular flexibility index (Phi) is 5.47. The van der Waals surface area contributed by atoms with Crippen molar-refractivity contribution in [2.24, 2.45) is 0 Å². The molecule has 146 valence electrons. The van der Waals surface area contributed by atoms with E-state index in [-0.39, 0.29) is 5.91 Å². The fourth-order valence-electron chi connectivity index (χ4n) is 3.13. The van der Waals surface area contributed by atoms with Crippen LogP contribution in [0.5, 0.6) is 0 Å². The first-order valence-electron chi connectivity index (χ1n) is 9.18. The lowest BCUT2D eigenvalue weighted by atomic mass is 10.2. The van der Waals surface area contributed by atoms with Gasteiger partial charge in [-0.05, 0) is 32.0 Å². The lowest BCUT2D eigenvalue weighted by Crippen LogP contribution is -2.51. The molecule has 28 heavy (non-hydrogen) atoms. The Bertz CT molecular complexity index is 969. The van der Waals surface area contributed by atoms with Crippen LogP contribution in [0.4, 0.5) is 5.82 Å². The Hall–Kier alpha value is -2.62. The van der Waals surface area contributed by atoms with E-state index in [9.17, 15) is 4.79 Å². The first-order valence-corrected chi connectivity index (χ1v) is 10.1. The van der Waals surface area contributed by atoms with Crippen LogP contribution in [0.15, 0.2) is 34.2 Å². The van der Waals surface area contributed by atoms with Gasteiger partial charge >= 0.3 is 0 Å². The molecule has 3 aromatic rings. The molecule has 1 fully saturated rings. The third-order valence-corrected chi connectivity index (χ3v) is 5.27. The predicted molar refractivity (Wildman–Crippen MR) is 108 cm³/mol. The number of amides is 1. The summed E-state index contributed by atoms with van der Waals surface area (Å²) >= 11 is 1.44. The number of nitrogens with one attached hydrogen (secondary N) is 2. The van der Waals surface area contributed by atoms with Crippen LogP contribution < -0.4 is 10.6 Å². The number of hydrogen-bond donors (Lipinski definition) is 2. The van der Waals surface area contributed by atoms with E-state index in [1.54, 1.807) is 12.3 Å². The summed E-state index contributed by atoms with van der Waals surface area (Å²) in [6.07, 6.45) is 1.63. The molecule has 0 aromatic carbocycles. The molecule has 0 unspecified atom stereocenters. The SMILES string of the molecule is Cc1ccc(-c2csc(-c3nccc(NC(=O)CN4CCN[C@H](C)C4)n3)n2)o1. The minimum Gasteiger partial charge on any atom is -0.460 e. The van der Waals surface area contributed by atoms with Crippen LogP contribution in [0.25, 0.3) is 22.3 Å². The standard InChI is InChI=1S/C19H22N6O2S/c1-12-9-25(8-7-20-12)10-17(26)23-16-5-6-21-18(24-16)19-22-14(11-28-19)15-4-3-13(2)27-15/h3-6,11-12,20H,7-10H2,1-2H3,(H,21,23,24,26)/t12-/m1/s1.